The maximum Gasteiger partial charge on any atom is 0.330 e. The lowest BCUT2D eigenvalue weighted by Crippen LogP contribution is -2.13. The Labute approximate surface area is 79.9 Å². The molecule has 0 aromatic rings. The summed E-state index contributed by atoms with van der Waals surface area (Å²) in [4.78, 5) is 21.3. The van der Waals surface area contributed by atoms with Crippen molar-refractivity contribution in [2.75, 3.05) is 6.61 Å². The standard InChI is InChI=1S/C8H11BrO3/c1-3-8(11)12-5-4-7(10)6(2)9/h3,6H,1,4-5H2,2H3. The van der Waals surface area contributed by atoms with Gasteiger partial charge < -0.3 is 4.74 Å². The number of rotatable bonds is 5. The zero-order valence-electron chi connectivity index (χ0n) is 6.88. The quantitative estimate of drug-likeness (QED) is 0.411. The molecule has 0 radical (unpaired) electrons. The van der Waals surface area contributed by atoms with Crippen LogP contribution in [0.4, 0.5) is 0 Å². The van der Waals surface area contributed by atoms with E-state index in [4.69, 9.17) is 0 Å². The fraction of sp³-hybridized carbons (Fsp3) is 0.500. The molecule has 0 aliphatic rings. The average molecular weight is 235 g/mol. The number of carbonyl (C=O) groups is 2. The molecule has 0 amide bonds. The van der Waals surface area contributed by atoms with Crippen LogP contribution in [0.25, 0.3) is 0 Å². The van der Waals surface area contributed by atoms with Crippen LogP contribution in [0.15, 0.2) is 12.7 Å². The van der Waals surface area contributed by atoms with Gasteiger partial charge in [0.25, 0.3) is 0 Å². The molecule has 3 nitrogen and oxygen atoms in total. The number of hydrogen-bond acceptors (Lipinski definition) is 3. The predicted octanol–water partition coefficient (Wildman–Crippen LogP) is 1.46. The van der Waals surface area contributed by atoms with Crippen molar-refractivity contribution in [2.24, 2.45) is 0 Å². The molecular weight excluding hydrogens is 224 g/mol. The van der Waals surface area contributed by atoms with E-state index in [1.807, 2.05) is 0 Å². The number of ketones is 1. The normalized spacial score (nSPS) is 11.8. The first-order valence-corrected chi connectivity index (χ1v) is 4.45. The summed E-state index contributed by atoms with van der Waals surface area (Å²) in [6, 6.07) is 0. The van der Waals surface area contributed by atoms with Gasteiger partial charge in [-0.3, -0.25) is 4.79 Å². The Kier molecular flexibility index (Phi) is 5.62. The van der Waals surface area contributed by atoms with E-state index in [9.17, 15) is 9.59 Å². The summed E-state index contributed by atoms with van der Waals surface area (Å²) < 4.78 is 4.61. The third-order valence-electron chi connectivity index (χ3n) is 1.20. The number of carbonyl (C=O) groups excluding carboxylic acids is 2. The molecule has 0 N–H and O–H groups in total. The molecule has 1 atom stereocenters. The highest BCUT2D eigenvalue weighted by atomic mass is 79.9. The van der Waals surface area contributed by atoms with E-state index in [0.29, 0.717) is 0 Å². The number of hydrogen-bond donors (Lipinski definition) is 0. The van der Waals surface area contributed by atoms with Gasteiger partial charge in [-0.05, 0) is 6.92 Å². The second kappa shape index (κ2) is 5.94. The number of esters is 1. The molecule has 1 unspecified atom stereocenters. The lowest BCUT2D eigenvalue weighted by atomic mass is 10.2. The molecule has 0 spiro atoms. The highest BCUT2D eigenvalue weighted by Gasteiger charge is 2.08. The van der Waals surface area contributed by atoms with Crippen LogP contribution in [-0.4, -0.2) is 23.2 Å². The average Bonchev–Trinajstić information content (AvgIpc) is 2.03. The SMILES string of the molecule is C=CC(=O)OCCC(=O)C(C)Br. The van der Waals surface area contributed by atoms with E-state index in [1.165, 1.54) is 0 Å². The largest absolute Gasteiger partial charge is 0.462 e. The van der Waals surface area contributed by atoms with E-state index in [2.05, 4.69) is 27.2 Å². The molecular formula is C8H11BrO3. The minimum absolute atomic E-state index is 0.0202. The topological polar surface area (TPSA) is 43.4 Å². The first kappa shape index (κ1) is 11.4. The maximum atomic E-state index is 10.9. The van der Waals surface area contributed by atoms with Gasteiger partial charge in [0.05, 0.1) is 11.4 Å². The Morgan fingerprint density at radius 1 is 1.67 bits per heavy atom. The first-order chi connectivity index (χ1) is 5.57. The number of ether oxygens (including phenoxy) is 1. The van der Waals surface area contributed by atoms with E-state index >= 15 is 0 Å². The van der Waals surface area contributed by atoms with Crippen LogP contribution < -0.4 is 0 Å². The van der Waals surface area contributed by atoms with Gasteiger partial charge in [-0.1, -0.05) is 22.5 Å². The van der Waals surface area contributed by atoms with Crippen molar-refractivity contribution in [1.29, 1.82) is 0 Å². The van der Waals surface area contributed by atoms with Crippen LogP contribution in [0.1, 0.15) is 13.3 Å². The van der Waals surface area contributed by atoms with Gasteiger partial charge >= 0.3 is 5.97 Å². The zero-order valence-corrected chi connectivity index (χ0v) is 8.46. The fourth-order valence-electron chi connectivity index (χ4n) is 0.510. The van der Waals surface area contributed by atoms with E-state index in [0.717, 1.165) is 6.08 Å². The summed E-state index contributed by atoms with van der Waals surface area (Å²) in [6.45, 7) is 5.08. The molecule has 4 heteroatoms. The van der Waals surface area contributed by atoms with Gasteiger partial charge in [-0.15, -0.1) is 0 Å². The van der Waals surface area contributed by atoms with Crippen LogP contribution in [0.5, 0.6) is 0 Å². The zero-order chi connectivity index (χ0) is 9.56. The van der Waals surface area contributed by atoms with Crippen molar-refractivity contribution in [1.82, 2.24) is 0 Å². The second-order valence-corrected chi connectivity index (χ2v) is 3.58. The predicted molar refractivity (Wildman–Crippen MR) is 49.2 cm³/mol. The van der Waals surface area contributed by atoms with Crippen LogP contribution in [0, 0.1) is 0 Å². The van der Waals surface area contributed by atoms with Crippen LogP contribution in [0.3, 0.4) is 0 Å². The molecule has 0 aromatic carbocycles. The minimum atomic E-state index is -0.495. The molecule has 0 rings (SSSR count). The second-order valence-electron chi connectivity index (χ2n) is 2.20. The van der Waals surface area contributed by atoms with Crippen LogP contribution >= 0.6 is 15.9 Å². The molecule has 12 heavy (non-hydrogen) atoms. The van der Waals surface area contributed by atoms with Gasteiger partial charge in [0.15, 0.2) is 0 Å². The Bertz CT molecular complexity index is 187. The summed E-state index contributed by atoms with van der Waals surface area (Å²) in [6.07, 6.45) is 1.31. The Morgan fingerprint density at radius 3 is 2.67 bits per heavy atom. The van der Waals surface area contributed by atoms with Crippen molar-refractivity contribution >= 4 is 27.7 Å². The lowest BCUT2D eigenvalue weighted by Gasteiger charge is -2.02. The van der Waals surface area contributed by atoms with Crippen LogP contribution in [-0.2, 0) is 14.3 Å². The molecule has 0 aliphatic heterocycles. The van der Waals surface area contributed by atoms with Crippen molar-refractivity contribution in [3.8, 4) is 0 Å². The van der Waals surface area contributed by atoms with Gasteiger partial charge in [0, 0.05) is 12.5 Å². The molecule has 0 heterocycles. The van der Waals surface area contributed by atoms with Crippen molar-refractivity contribution in [3.05, 3.63) is 12.7 Å². The van der Waals surface area contributed by atoms with Crippen molar-refractivity contribution in [3.63, 3.8) is 0 Å². The van der Waals surface area contributed by atoms with Gasteiger partial charge in [-0.25, -0.2) is 4.79 Å². The molecule has 0 bridgehead atoms. The lowest BCUT2D eigenvalue weighted by molar-refractivity contribution is -0.138. The third kappa shape index (κ3) is 5.07. The monoisotopic (exact) mass is 234 g/mol. The van der Waals surface area contributed by atoms with Crippen molar-refractivity contribution in [2.45, 2.75) is 18.2 Å². The highest BCUT2D eigenvalue weighted by molar-refractivity contribution is 9.10. The molecule has 0 saturated heterocycles. The number of halogens is 1. The fourth-order valence-corrected chi connectivity index (χ4v) is 0.739. The van der Waals surface area contributed by atoms with Gasteiger partial charge in [-0.2, -0.15) is 0 Å². The Balaban J connectivity index is 3.50. The molecule has 0 saturated carbocycles. The molecule has 0 fully saturated rings. The number of Topliss-reactive ketones (excluding diaryl/α,β-unsaturated/α-hetero) is 1. The molecule has 0 aliphatic carbocycles. The van der Waals surface area contributed by atoms with Gasteiger partial charge in [0.2, 0.25) is 0 Å². The van der Waals surface area contributed by atoms with Gasteiger partial charge in [0.1, 0.15) is 5.78 Å². The third-order valence-corrected chi connectivity index (χ3v) is 1.71. The number of alkyl halides is 1. The Morgan fingerprint density at radius 2 is 2.25 bits per heavy atom. The minimum Gasteiger partial charge on any atom is -0.462 e. The maximum absolute atomic E-state index is 10.9. The van der Waals surface area contributed by atoms with E-state index in [1.54, 1.807) is 6.92 Å². The summed E-state index contributed by atoms with van der Waals surface area (Å²) in [5.41, 5.74) is 0. The van der Waals surface area contributed by atoms with Crippen molar-refractivity contribution < 1.29 is 14.3 Å². The first-order valence-electron chi connectivity index (χ1n) is 3.54. The molecule has 68 valence electrons. The van der Waals surface area contributed by atoms with Crippen LogP contribution in [0.2, 0.25) is 0 Å². The smallest absolute Gasteiger partial charge is 0.330 e. The summed E-state index contributed by atoms with van der Waals surface area (Å²) in [7, 11) is 0. The molecule has 0 aromatic heterocycles. The van der Waals surface area contributed by atoms with E-state index in [-0.39, 0.29) is 23.6 Å². The van der Waals surface area contributed by atoms with E-state index < -0.39 is 5.97 Å². The Hall–Kier alpha value is -0.640. The summed E-state index contributed by atoms with van der Waals surface area (Å²) in [5.74, 6) is -0.475. The summed E-state index contributed by atoms with van der Waals surface area (Å²) >= 11 is 3.11. The highest BCUT2D eigenvalue weighted by Crippen LogP contribution is 2.02. The summed E-state index contributed by atoms with van der Waals surface area (Å²) in [5, 5.41) is 0.